The minimum absolute atomic E-state index is 0.0932. The van der Waals surface area contributed by atoms with Crippen molar-refractivity contribution in [1.82, 2.24) is 20.7 Å². The van der Waals surface area contributed by atoms with Crippen LogP contribution < -0.4 is 10.2 Å². The number of rotatable bonds is 10. The molecule has 2 aromatic carbocycles. The smallest absolute Gasteiger partial charge is 0.383 e. The van der Waals surface area contributed by atoms with E-state index in [0.717, 1.165) is 5.56 Å². The number of nitrogens with zero attached hydrogens (tertiary/aromatic N) is 3. The van der Waals surface area contributed by atoms with Crippen molar-refractivity contribution in [2.45, 2.75) is 50.7 Å². The Labute approximate surface area is 233 Å². The molecular weight excluding hydrogens is 556 g/mol. The molecule has 3 aromatic rings. The molecule has 0 amide bonds. The number of aromatic nitrogens is 3. The summed E-state index contributed by atoms with van der Waals surface area (Å²) in [5.41, 5.74) is -2.87. The van der Waals surface area contributed by atoms with E-state index in [1.807, 2.05) is 42.2 Å². The lowest BCUT2D eigenvalue weighted by molar-refractivity contribution is -0.217. The van der Waals surface area contributed by atoms with Crippen LogP contribution in [-0.4, -0.2) is 55.1 Å². The lowest BCUT2D eigenvalue weighted by atomic mass is 9.87. The van der Waals surface area contributed by atoms with Gasteiger partial charge in [-0.25, -0.2) is 0 Å². The molecule has 0 spiro atoms. The molecule has 0 unspecified atom stereocenters. The number of methoxy groups -OCH3 is 1. The SMILES string of the molecule is COCCNCc1n[nH]nc1N1CCO[C@H](O[C@H](C)c2cc(C(F)(F)F)cc(C(F)(F)F)c2)[C@]1(C)c1ccccc1. The molecule has 8 nitrogen and oxygen atoms in total. The van der Waals surface area contributed by atoms with E-state index < -0.39 is 41.4 Å². The number of morpholine rings is 1. The van der Waals surface area contributed by atoms with E-state index in [1.54, 1.807) is 7.11 Å². The van der Waals surface area contributed by atoms with Crippen molar-refractivity contribution >= 4 is 5.82 Å². The number of nitrogens with one attached hydrogen (secondary N) is 2. The quantitative estimate of drug-likeness (QED) is 0.242. The third-order valence-corrected chi connectivity index (χ3v) is 7.00. The summed E-state index contributed by atoms with van der Waals surface area (Å²) in [4.78, 5) is 1.92. The van der Waals surface area contributed by atoms with Crippen LogP contribution in [0.25, 0.3) is 0 Å². The van der Waals surface area contributed by atoms with Crippen molar-refractivity contribution < 1.29 is 40.6 Å². The van der Waals surface area contributed by atoms with Crippen LogP contribution >= 0.6 is 0 Å². The molecule has 2 heterocycles. The molecule has 41 heavy (non-hydrogen) atoms. The zero-order valence-electron chi connectivity index (χ0n) is 22.6. The second kappa shape index (κ2) is 12.3. The molecule has 14 heteroatoms. The van der Waals surface area contributed by atoms with Crippen LogP contribution in [0.3, 0.4) is 0 Å². The summed E-state index contributed by atoms with van der Waals surface area (Å²) in [6.07, 6.45) is -12.3. The highest BCUT2D eigenvalue weighted by atomic mass is 19.4. The van der Waals surface area contributed by atoms with Gasteiger partial charge in [0.05, 0.1) is 30.4 Å². The Morgan fingerprint density at radius 3 is 2.34 bits per heavy atom. The summed E-state index contributed by atoms with van der Waals surface area (Å²) in [5, 5.41) is 14.5. The first-order valence-electron chi connectivity index (χ1n) is 12.8. The monoisotopic (exact) mass is 587 g/mol. The number of alkyl halides is 6. The highest BCUT2D eigenvalue weighted by Gasteiger charge is 2.48. The molecule has 1 fully saturated rings. The van der Waals surface area contributed by atoms with Crippen molar-refractivity contribution in [3.05, 3.63) is 76.5 Å². The minimum Gasteiger partial charge on any atom is -0.383 e. The molecule has 3 atom stereocenters. The van der Waals surface area contributed by atoms with Crippen LogP contribution in [0.2, 0.25) is 0 Å². The van der Waals surface area contributed by atoms with Gasteiger partial charge in [0.1, 0.15) is 11.2 Å². The third-order valence-electron chi connectivity index (χ3n) is 7.00. The van der Waals surface area contributed by atoms with Gasteiger partial charge in [-0.2, -0.15) is 36.7 Å². The third kappa shape index (κ3) is 6.83. The van der Waals surface area contributed by atoms with Crippen LogP contribution in [0.5, 0.6) is 0 Å². The van der Waals surface area contributed by atoms with Gasteiger partial charge >= 0.3 is 12.4 Å². The Hall–Kier alpha value is -3.20. The van der Waals surface area contributed by atoms with Crippen LogP contribution in [0.1, 0.15) is 47.9 Å². The molecule has 0 aliphatic carbocycles. The van der Waals surface area contributed by atoms with Gasteiger partial charge in [0.25, 0.3) is 0 Å². The Bertz CT molecular complexity index is 1250. The topological polar surface area (TPSA) is 84.5 Å². The zero-order valence-corrected chi connectivity index (χ0v) is 22.6. The molecule has 1 aromatic heterocycles. The number of halogens is 6. The summed E-state index contributed by atoms with van der Waals surface area (Å²) in [6.45, 7) is 5.16. The summed E-state index contributed by atoms with van der Waals surface area (Å²) in [7, 11) is 1.59. The maximum absolute atomic E-state index is 13.5. The summed E-state index contributed by atoms with van der Waals surface area (Å²) >= 11 is 0. The molecule has 1 aliphatic heterocycles. The maximum Gasteiger partial charge on any atom is 0.416 e. The Balaban J connectivity index is 1.70. The van der Waals surface area contributed by atoms with Gasteiger partial charge < -0.3 is 24.4 Å². The van der Waals surface area contributed by atoms with E-state index in [4.69, 9.17) is 14.2 Å². The van der Waals surface area contributed by atoms with Gasteiger partial charge in [-0.1, -0.05) is 30.3 Å². The first kappa shape index (κ1) is 30.8. The number of anilines is 1. The molecule has 1 aliphatic rings. The number of benzene rings is 2. The lowest BCUT2D eigenvalue weighted by Gasteiger charge is -2.50. The van der Waals surface area contributed by atoms with Gasteiger partial charge in [-0.3, -0.25) is 0 Å². The van der Waals surface area contributed by atoms with E-state index in [0.29, 0.717) is 49.9 Å². The minimum atomic E-state index is -4.98. The number of ether oxygens (including phenoxy) is 3. The Morgan fingerprint density at radius 2 is 1.73 bits per heavy atom. The van der Waals surface area contributed by atoms with Crippen molar-refractivity contribution in [2.24, 2.45) is 0 Å². The molecule has 0 bridgehead atoms. The van der Waals surface area contributed by atoms with Gasteiger partial charge in [0.2, 0.25) is 0 Å². The largest absolute Gasteiger partial charge is 0.416 e. The van der Waals surface area contributed by atoms with E-state index in [-0.39, 0.29) is 18.2 Å². The number of hydrogen-bond donors (Lipinski definition) is 2. The van der Waals surface area contributed by atoms with E-state index in [2.05, 4.69) is 20.7 Å². The fourth-order valence-corrected chi connectivity index (χ4v) is 4.78. The average molecular weight is 588 g/mol. The maximum atomic E-state index is 13.5. The highest BCUT2D eigenvalue weighted by Crippen LogP contribution is 2.43. The van der Waals surface area contributed by atoms with Crippen LogP contribution in [0.15, 0.2) is 48.5 Å². The number of aromatic amines is 1. The predicted molar refractivity (Wildman–Crippen MR) is 137 cm³/mol. The average Bonchev–Trinajstić information content (AvgIpc) is 3.39. The first-order valence-corrected chi connectivity index (χ1v) is 12.8. The van der Waals surface area contributed by atoms with Crippen LogP contribution in [-0.2, 0) is 38.6 Å². The van der Waals surface area contributed by atoms with Crippen LogP contribution in [0, 0.1) is 0 Å². The predicted octanol–water partition coefficient (Wildman–Crippen LogP) is 5.43. The van der Waals surface area contributed by atoms with Gasteiger partial charge in [-0.05, 0) is 43.2 Å². The normalized spacial score (nSPS) is 20.8. The molecule has 0 saturated carbocycles. The fourth-order valence-electron chi connectivity index (χ4n) is 4.78. The first-order chi connectivity index (χ1) is 19.4. The summed E-state index contributed by atoms with van der Waals surface area (Å²) in [5.74, 6) is 0.504. The standard InChI is InChI=1S/C27H31F6N5O3/c1-17(18-13-20(26(28,29)30)15-21(14-18)27(31,32)33)41-24-25(2,19-7-5-4-6-8-19)38(10-12-40-24)23-22(35-37-36-23)16-34-9-11-39-3/h4-8,13-15,17,24,34H,9-12,16H2,1-3H3,(H,35,36,37)/t17-,24-,25+/m1/s1. The lowest BCUT2D eigenvalue weighted by Crippen LogP contribution is -2.60. The van der Waals surface area contributed by atoms with Gasteiger partial charge in [-0.15, -0.1) is 5.10 Å². The summed E-state index contributed by atoms with van der Waals surface area (Å²) in [6, 6.07) is 10.6. The van der Waals surface area contributed by atoms with Crippen molar-refractivity contribution in [1.29, 1.82) is 0 Å². The molecule has 224 valence electrons. The van der Waals surface area contributed by atoms with Gasteiger partial charge in [0.15, 0.2) is 12.1 Å². The number of H-pyrrole nitrogens is 1. The molecule has 4 rings (SSSR count). The Morgan fingerprint density at radius 1 is 1.07 bits per heavy atom. The highest BCUT2D eigenvalue weighted by molar-refractivity contribution is 5.50. The van der Waals surface area contributed by atoms with Crippen molar-refractivity contribution in [3.63, 3.8) is 0 Å². The van der Waals surface area contributed by atoms with Crippen LogP contribution in [0.4, 0.5) is 32.2 Å². The Kier molecular flexibility index (Phi) is 9.26. The molecule has 1 saturated heterocycles. The van der Waals surface area contributed by atoms with Gasteiger partial charge in [0, 0.05) is 26.7 Å². The van der Waals surface area contributed by atoms with Crippen molar-refractivity contribution in [2.75, 3.05) is 38.3 Å². The molecule has 0 radical (unpaired) electrons. The van der Waals surface area contributed by atoms with Crippen molar-refractivity contribution in [3.8, 4) is 0 Å². The second-order valence-electron chi connectivity index (χ2n) is 9.75. The van der Waals surface area contributed by atoms with E-state index in [1.165, 1.54) is 6.92 Å². The fraction of sp³-hybridized carbons (Fsp3) is 0.481. The number of hydrogen-bond acceptors (Lipinski definition) is 7. The molecule has 2 N–H and O–H groups in total. The zero-order chi connectivity index (χ0) is 29.8. The van der Waals surface area contributed by atoms with E-state index in [9.17, 15) is 26.3 Å². The molecular formula is C27H31F6N5O3. The second-order valence-corrected chi connectivity index (χ2v) is 9.75. The summed E-state index contributed by atoms with van der Waals surface area (Å²) < 4.78 is 98.3. The van der Waals surface area contributed by atoms with E-state index >= 15 is 0 Å².